The van der Waals surface area contributed by atoms with E-state index in [2.05, 4.69) is 31.2 Å². The molecule has 1 aromatic rings. The SMILES string of the molecule is CCCCCc1ccc([C@H]2CC[C@H](CCC=C(F)C#N)CC2)cc1. The first kappa shape index (κ1) is 18.7. The monoisotopic (exact) mass is 327 g/mol. The van der Waals surface area contributed by atoms with E-state index in [-0.39, 0.29) is 0 Å². The van der Waals surface area contributed by atoms with Crippen molar-refractivity contribution >= 4 is 0 Å². The zero-order chi connectivity index (χ0) is 17.2. The molecule has 2 heteroatoms. The molecule has 1 aliphatic carbocycles. The predicted molar refractivity (Wildman–Crippen MR) is 98.4 cm³/mol. The average molecular weight is 327 g/mol. The van der Waals surface area contributed by atoms with Crippen molar-refractivity contribution in [1.82, 2.24) is 0 Å². The lowest BCUT2D eigenvalue weighted by molar-refractivity contribution is 0.311. The molecule has 0 amide bonds. The number of rotatable bonds is 8. The third-order valence-corrected chi connectivity index (χ3v) is 5.37. The van der Waals surface area contributed by atoms with E-state index in [1.807, 2.05) is 0 Å². The number of unbranched alkanes of at least 4 members (excludes halogenated alkanes) is 2. The quantitative estimate of drug-likeness (QED) is 0.378. The number of hydrogen-bond acceptors (Lipinski definition) is 1. The van der Waals surface area contributed by atoms with Crippen molar-refractivity contribution < 1.29 is 4.39 Å². The van der Waals surface area contributed by atoms with Gasteiger partial charge >= 0.3 is 0 Å². The van der Waals surface area contributed by atoms with Crippen LogP contribution in [0.15, 0.2) is 36.2 Å². The third kappa shape index (κ3) is 6.11. The van der Waals surface area contributed by atoms with Gasteiger partial charge in [-0.1, -0.05) is 44.0 Å². The summed E-state index contributed by atoms with van der Waals surface area (Å²) < 4.78 is 12.8. The molecule has 1 nitrogen and oxygen atoms in total. The van der Waals surface area contributed by atoms with Gasteiger partial charge in [-0.2, -0.15) is 9.65 Å². The Kier molecular flexibility index (Phi) is 8.02. The number of allylic oxidation sites excluding steroid dienone is 2. The van der Waals surface area contributed by atoms with Crippen LogP contribution in [0.25, 0.3) is 0 Å². The van der Waals surface area contributed by atoms with Gasteiger partial charge in [0.25, 0.3) is 0 Å². The smallest absolute Gasteiger partial charge is 0.195 e. The van der Waals surface area contributed by atoms with E-state index in [9.17, 15) is 4.39 Å². The van der Waals surface area contributed by atoms with Crippen LogP contribution in [0.3, 0.4) is 0 Å². The molecule has 1 aromatic carbocycles. The van der Waals surface area contributed by atoms with Crippen LogP contribution in [0.5, 0.6) is 0 Å². The molecule has 0 heterocycles. The molecule has 1 fully saturated rings. The Morgan fingerprint density at radius 2 is 1.88 bits per heavy atom. The van der Waals surface area contributed by atoms with Gasteiger partial charge in [0.05, 0.1) is 0 Å². The zero-order valence-corrected chi connectivity index (χ0v) is 14.9. The molecule has 130 valence electrons. The van der Waals surface area contributed by atoms with Crippen molar-refractivity contribution in [1.29, 1.82) is 5.26 Å². The van der Waals surface area contributed by atoms with E-state index in [4.69, 9.17) is 5.26 Å². The van der Waals surface area contributed by atoms with Gasteiger partial charge in [0.1, 0.15) is 6.07 Å². The van der Waals surface area contributed by atoms with Crippen LogP contribution in [-0.2, 0) is 6.42 Å². The van der Waals surface area contributed by atoms with Gasteiger partial charge in [-0.05, 0) is 80.4 Å². The maximum atomic E-state index is 12.8. The highest BCUT2D eigenvalue weighted by Gasteiger charge is 2.21. The summed E-state index contributed by atoms with van der Waals surface area (Å²) in [5.74, 6) is 0.748. The zero-order valence-electron chi connectivity index (χ0n) is 14.9. The van der Waals surface area contributed by atoms with Crippen LogP contribution in [0.4, 0.5) is 4.39 Å². The summed E-state index contributed by atoms with van der Waals surface area (Å²) in [5, 5.41) is 8.42. The third-order valence-electron chi connectivity index (χ3n) is 5.37. The summed E-state index contributed by atoms with van der Waals surface area (Å²) in [6.07, 6.45) is 13.2. The Hall–Kier alpha value is -1.62. The Balaban J connectivity index is 1.74. The second-order valence-corrected chi connectivity index (χ2v) is 7.16. The van der Waals surface area contributed by atoms with Gasteiger partial charge in [-0.25, -0.2) is 0 Å². The lowest BCUT2D eigenvalue weighted by Gasteiger charge is -2.28. The highest BCUT2D eigenvalue weighted by Crippen LogP contribution is 2.37. The number of nitriles is 1. The summed E-state index contributed by atoms with van der Waals surface area (Å²) in [5.41, 5.74) is 2.95. The van der Waals surface area contributed by atoms with Crippen LogP contribution in [0, 0.1) is 17.2 Å². The fourth-order valence-electron chi connectivity index (χ4n) is 3.81. The van der Waals surface area contributed by atoms with E-state index in [1.54, 1.807) is 6.07 Å². The van der Waals surface area contributed by atoms with Crippen molar-refractivity contribution in [2.24, 2.45) is 5.92 Å². The molecular formula is C22H30FN. The number of nitrogens with zero attached hydrogens (tertiary/aromatic N) is 1. The minimum atomic E-state index is -0.636. The van der Waals surface area contributed by atoms with Crippen molar-refractivity contribution in [2.75, 3.05) is 0 Å². The Morgan fingerprint density at radius 3 is 2.50 bits per heavy atom. The summed E-state index contributed by atoms with van der Waals surface area (Å²) in [7, 11) is 0. The minimum absolute atomic E-state index is 0.636. The average Bonchev–Trinajstić information content (AvgIpc) is 2.63. The molecule has 24 heavy (non-hydrogen) atoms. The molecular weight excluding hydrogens is 297 g/mol. The normalized spacial score (nSPS) is 21.5. The Labute approximate surface area is 146 Å². The predicted octanol–water partition coefficient (Wildman–Crippen LogP) is 6.85. The maximum absolute atomic E-state index is 12.8. The molecule has 0 unspecified atom stereocenters. The van der Waals surface area contributed by atoms with Crippen LogP contribution in [0.2, 0.25) is 0 Å². The molecule has 0 aromatic heterocycles. The lowest BCUT2D eigenvalue weighted by atomic mass is 9.77. The van der Waals surface area contributed by atoms with Crippen molar-refractivity contribution in [2.45, 2.75) is 77.0 Å². The molecule has 0 radical (unpaired) electrons. The second kappa shape index (κ2) is 10.3. The van der Waals surface area contributed by atoms with E-state index in [0.29, 0.717) is 18.3 Å². The summed E-state index contributed by atoms with van der Waals surface area (Å²) >= 11 is 0. The molecule has 0 saturated heterocycles. The highest BCUT2D eigenvalue weighted by atomic mass is 19.1. The van der Waals surface area contributed by atoms with E-state index >= 15 is 0 Å². The van der Waals surface area contributed by atoms with Gasteiger partial charge in [0.2, 0.25) is 0 Å². The van der Waals surface area contributed by atoms with Crippen LogP contribution < -0.4 is 0 Å². The summed E-state index contributed by atoms with van der Waals surface area (Å²) in [6.45, 7) is 2.25. The van der Waals surface area contributed by atoms with Crippen LogP contribution >= 0.6 is 0 Å². The number of benzene rings is 1. The number of hydrogen-bond donors (Lipinski definition) is 0. The lowest BCUT2D eigenvalue weighted by Crippen LogP contribution is -2.13. The van der Waals surface area contributed by atoms with Crippen molar-refractivity contribution in [3.63, 3.8) is 0 Å². The molecule has 0 aliphatic heterocycles. The topological polar surface area (TPSA) is 23.8 Å². The van der Waals surface area contributed by atoms with Crippen molar-refractivity contribution in [3.05, 3.63) is 47.3 Å². The first-order chi connectivity index (χ1) is 11.7. The standard InChI is InChI=1S/C22H30FN/c1-2-3-4-6-18-9-13-20(14-10-18)21-15-11-19(12-16-21)7-5-8-22(23)17-24/h8-10,13-14,19,21H,2-7,11-12,15-16H2,1H3/t19-,21-. The first-order valence-corrected chi connectivity index (χ1v) is 9.57. The number of aryl methyl sites for hydroxylation is 1. The maximum Gasteiger partial charge on any atom is 0.196 e. The van der Waals surface area contributed by atoms with Crippen molar-refractivity contribution in [3.8, 4) is 6.07 Å². The highest BCUT2D eigenvalue weighted by molar-refractivity contribution is 5.26. The minimum Gasteiger partial charge on any atom is -0.195 e. The molecule has 0 bridgehead atoms. The summed E-state index contributed by atoms with van der Waals surface area (Å²) in [4.78, 5) is 0. The summed E-state index contributed by atoms with van der Waals surface area (Å²) in [6, 6.07) is 10.8. The Bertz CT molecular complexity index is 544. The second-order valence-electron chi connectivity index (χ2n) is 7.16. The van der Waals surface area contributed by atoms with E-state index in [0.717, 1.165) is 6.42 Å². The van der Waals surface area contributed by atoms with Crippen LogP contribution in [-0.4, -0.2) is 0 Å². The van der Waals surface area contributed by atoms with Gasteiger partial charge in [0.15, 0.2) is 5.83 Å². The number of halogens is 1. The van der Waals surface area contributed by atoms with E-state index < -0.39 is 5.83 Å². The fraction of sp³-hybridized carbons (Fsp3) is 0.591. The first-order valence-electron chi connectivity index (χ1n) is 9.57. The molecule has 0 atom stereocenters. The molecule has 1 aliphatic rings. The largest absolute Gasteiger partial charge is 0.196 e. The molecule has 0 N–H and O–H groups in total. The molecule has 2 rings (SSSR count). The van der Waals surface area contributed by atoms with Gasteiger partial charge in [-0.15, -0.1) is 0 Å². The molecule has 1 saturated carbocycles. The van der Waals surface area contributed by atoms with Crippen LogP contribution in [0.1, 0.15) is 81.8 Å². The van der Waals surface area contributed by atoms with Gasteiger partial charge in [0, 0.05) is 0 Å². The molecule has 0 spiro atoms. The van der Waals surface area contributed by atoms with E-state index in [1.165, 1.54) is 68.6 Å². The Morgan fingerprint density at radius 1 is 1.17 bits per heavy atom. The van der Waals surface area contributed by atoms with Gasteiger partial charge < -0.3 is 0 Å². The van der Waals surface area contributed by atoms with Gasteiger partial charge in [-0.3, -0.25) is 0 Å². The fourth-order valence-corrected chi connectivity index (χ4v) is 3.81.